The van der Waals surface area contributed by atoms with Gasteiger partial charge in [-0.15, -0.1) is 24.0 Å². The molecular weight excluding hydrogens is 455 g/mol. The van der Waals surface area contributed by atoms with E-state index in [1.54, 1.807) is 4.68 Å². The third-order valence-electron chi connectivity index (χ3n) is 5.53. The first-order chi connectivity index (χ1) is 12.7. The van der Waals surface area contributed by atoms with E-state index < -0.39 is 0 Å². The number of rotatable bonds is 6. The van der Waals surface area contributed by atoms with E-state index in [4.69, 9.17) is 4.99 Å². The molecule has 0 amide bonds. The lowest BCUT2D eigenvalue weighted by molar-refractivity contribution is 0.329. The lowest BCUT2D eigenvalue weighted by atomic mass is 9.87. The number of hydrogen-bond donors (Lipinski definition) is 2. The van der Waals surface area contributed by atoms with Crippen molar-refractivity contribution in [1.82, 2.24) is 25.0 Å². The number of fused-ring (bicyclic) bond motifs is 1. The van der Waals surface area contributed by atoms with Gasteiger partial charge in [-0.05, 0) is 57.8 Å². The van der Waals surface area contributed by atoms with Crippen molar-refractivity contribution >= 4 is 29.9 Å². The molecule has 1 aliphatic heterocycles. The first-order valence-corrected chi connectivity index (χ1v) is 10.4. The molecule has 154 valence electrons. The van der Waals surface area contributed by atoms with Crippen molar-refractivity contribution in [2.45, 2.75) is 84.3 Å². The standard InChI is InChI=1S/C19H34N6O.HI/c1-3-20-18(22-16-10-8-15(2)9-11-16)21-12-6-14-25-19(26)24-13-5-4-7-17(24)23-25;/h15-16H,3-14H2,1-2H3,(H2,20,21,22);1H. The predicted molar refractivity (Wildman–Crippen MR) is 120 cm³/mol. The predicted octanol–water partition coefficient (Wildman–Crippen LogP) is 2.52. The molecule has 1 aromatic heterocycles. The van der Waals surface area contributed by atoms with E-state index in [9.17, 15) is 4.79 Å². The molecule has 3 rings (SSSR count). The summed E-state index contributed by atoms with van der Waals surface area (Å²) in [7, 11) is 0. The molecule has 0 aromatic carbocycles. The molecule has 0 saturated heterocycles. The summed E-state index contributed by atoms with van der Waals surface area (Å²) in [6.45, 7) is 7.46. The zero-order chi connectivity index (χ0) is 18.4. The Kier molecular flexibility index (Phi) is 9.11. The number of nitrogens with zero attached hydrogens (tertiary/aromatic N) is 4. The second kappa shape index (κ2) is 11.1. The van der Waals surface area contributed by atoms with Gasteiger partial charge < -0.3 is 10.6 Å². The van der Waals surface area contributed by atoms with Crippen LogP contribution in [0.2, 0.25) is 0 Å². The van der Waals surface area contributed by atoms with Crippen molar-refractivity contribution in [2.75, 3.05) is 13.1 Å². The van der Waals surface area contributed by atoms with Crippen molar-refractivity contribution in [2.24, 2.45) is 10.9 Å². The van der Waals surface area contributed by atoms with Crippen LogP contribution < -0.4 is 16.3 Å². The van der Waals surface area contributed by atoms with Crippen LogP contribution in [-0.4, -0.2) is 39.4 Å². The van der Waals surface area contributed by atoms with Gasteiger partial charge in [0, 0.05) is 38.6 Å². The number of aliphatic imine (C=N–C) groups is 1. The molecule has 0 atom stereocenters. The van der Waals surface area contributed by atoms with Crippen LogP contribution >= 0.6 is 24.0 Å². The van der Waals surface area contributed by atoms with E-state index in [1.807, 2.05) is 4.57 Å². The summed E-state index contributed by atoms with van der Waals surface area (Å²) in [5.41, 5.74) is 0.0463. The summed E-state index contributed by atoms with van der Waals surface area (Å²) in [5, 5.41) is 11.4. The van der Waals surface area contributed by atoms with E-state index in [2.05, 4.69) is 29.6 Å². The van der Waals surface area contributed by atoms with Gasteiger partial charge in [-0.3, -0.25) is 9.56 Å². The van der Waals surface area contributed by atoms with Crippen LogP contribution in [0, 0.1) is 5.92 Å². The minimum Gasteiger partial charge on any atom is -0.357 e. The van der Waals surface area contributed by atoms with Crippen LogP contribution in [0.4, 0.5) is 0 Å². The molecule has 1 fully saturated rings. The molecule has 0 bridgehead atoms. The van der Waals surface area contributed by atoms with Gasteiger partial charge in [0.2, 0.25) is 0 Å². The van der Waals surface area contributed by atoms with Gasteiger partial charge in [0.05, 0.1) is 0 Å². The van der Waals surface area contributed by atoms with E-state index in [0.717, 1.165) is 56.5 Å². The molecule has 8 heteroatoms. The zero-order valence-electron chi connectivity index (χ0n) is 16.7. The molecule has 2 N–H and O–H groups in total. The van der Waals surface area contributed by atoms with Gasteiger partial charge in [0.25, 0.3) is 0 Å². The molecule has 0 spiro atoms. The molecule has 0 unspecified atom stereocenters. The van der Waals surface area contributed by atoms with Crippen molar-refractivity contribution < 1.29 is 0 Å². The Labute approximate surface area is 179 Å². The van der Waals surface area contributed by atoms with E-state index in [-0.39, 0.29) is 29.7 Å². The number of nitrogens with one attached hydrogen (secondary N) is 2. The normalized spacial score (nSPS) is 22.7. The largest absolute Gasteiger partial charge is 0.357 e. The average molecular weight is 490 g/mol. The number of guanidine groups is 1. The maximum atomic E-state index is 12.3. The van der Waals surface area contributed by atoms with Crippen molar-refractivity contribution in [3.05, 3.63) is 16.3 Å². The first kappa shape index (κ1) is 22.2. The summed E-state index contributed by atoms with van der Waals surface area (Å²) in [4.78, 5) is 17.0. The van der Waals surface area contributed by atoms with Crippen LogP contribution in [0.1, 0.15) is 64.6 Å². The monoisotopic (exact) mass is 490 g/mol. The van der Waals surface area contributed by atoms with E-state index in [0.29, 0.717) is 19.1 Å². The molecule has 1 aliphatic carbocycles. The fraction of sp³-hybridized carbons (Fsp3) is 0.842. The molecule has 1 saturated carbocycles. The molecule has 7 nitrogen and oxygen atoms in total. The number of halogens is 1. The Balaban J connectivity index is 0.00000261. The fourth-order valence-corrected chi connectivity index (χ4v) is 3.92. The lowest BCUT2D eigenvalue weighted by Crippen LogP contribution is -2.44. The highest BCUT2D eigenvalue weighted by Gasteiger charge is 2.19. The average Bonchev–Trinajstić information content (AvgIpc) is 2.97. The SMILES string of the molecule is CCNC(=NCCCn1nc2n(c1=O)CCCC2)NC1CCC(C)CC1.I. The van der Waals surface area contributed by atoms with Crippen molar-refractivity contribution in [3.63, 3.8) is 0 Å². The van der Waals surface area contributed by atoms with Crippen LogP contribution in [0.25, 0.3) is 0 Å². The Hall–Kier alpha value is -1.06. The minimum atomic E-state index is 0. The highest BCUT2D eigenvalue weighted by molar-refractivity contribution is 14.0. The second-order valence-electron chi connectivity index (χ2n) is 7.75. The number of aromatic nitrogens is 3. The Bertz CT molecular complexity index is 660. The maximum Gasteiger partial charge on any atom is 0.345 e. The number of hydrogen-bond acceptors (Lipinski definition) is 3. The van der Waals surface area contributed by atoms with Gasteiger partial charge >= 0.3 is 5.69 Å². The minimum absolute atomic E-state index is 0. The third-order valence-corrected chi connectivity index (χ3v) is 5.53. The van der Waals surface area contributed by atoms with Crippen LogP contribution in [0.3, 0.4) is 0 Å². The van der Waals surface area contributed by atoms with E-state index >= 15 is 0 Å². The topological polar surface area (TPSA) is 76.2 Å². The van der Waals surface area contributed by atoms with Crippen LogP contribution in [0.15, 0.2) is 9.79 Å². The molecule has 1 aromatic rings. The van der Waals surface area contributed by atoms with Crippen LogP contribution in [-0.2, 0) is 19.5 Å². The number of aryl methyl sites for hydroxylation is 2. The molecule has 0 radical (unpaired) electrons. The van der Waals surface area contributed by atoms with Crippen molar-refractivity contribution in [1.29, 1.82) is 0 Å². The lowest BCUT2D eigenvalue weighted by Gasteiger charge is -2.28. The van der Waals surface area contributed by atoms with Gasteiger partial charge in [-0.25, -0.2) is 9.48 Å². The fourth-order valence-electron chi connectivity index (χ4n) is 3.92. The highest BCUT2D eigenvalue weighted by Crippen LogP contribution is 2.23. The summed E-state index contributed by atoms with van der Waals surface area (Å²) < 4.78 is 3.46. The Morgan fingerprint density at radius 3 is 2.74 bits per heavy atom. The Morgan fingerprint density at radius 2 is 2.04 bits per heavy atom. The van der Waals surface area contributed by atoms with Gasteiger partial charge in [0.15, 0.2) is 5.96 Å². The second-order valence-corrected chi connectivity index (χ2v) is 7.75. The van der Waals surface area contributed by atoms with Gasteiger partial charge in [0.1, 0.15) is 5.82 Å². The smallest absolute Gasteiger partial charge is 0.345 e. The van der Waals surface area contributed by atoms with E-state index in [1.165, 1.54) is 25.7 Å². The van der Waals surface area contributed by atoms with Gasteiger partial charge in [-0.2, -0.15) is 5.10 Å². The molecule has 27 heavy (non-hydrogen) atoms. The quantitative estimate of drug-likeness (QED) is 0.278. The zero-order valence-corrected chi connectivity index (χ0v) is 19.1. The van der Waals surface area contributed by atoms with Crippen molar-refractivity contribution in [3.8, 4) is 0 Å². The summed E-state index contributed by atoms with van der Waals surface area (Å²) >= 11 is 0. The summed E-state index contributed by atoms with van der Waals surface area (Å²) in [6, 6.07) is 0.534. The third kappa shape index (κ3) is 6.22. The summed E-state index contributed by atoms with van der Waals surface area (Å²) in [5.74, 6) is 2.71. The summed E-state index contributed by atoms with van der Waals surface area (Å²) in [6.07, 6.45) is 9.01. The maximum absolute atomic E-state index is 12.3. The molecule has 2 aliphatic rings. The van der Waals surface area contributed by atoms with Crippen LogP contribution in [0.5, 0.6) is 0 Å². The molecular formula is C19H35IN6O. The first-order valence-electron chi connectivity index (χ1n) is 10.4. The molecule has 2 heterocycles. The Morgan fingerprint density at radius 1 is 1.26 bits per heavy atom. The van der Waals surface area contributed by atoms with Gasteiger partial charge in [-0.1, -0.05) is 6.92 Å². The highest BCUT2D eigenvalue weighted by atomic mass is 127.